The van der Waals surface area contributed by atoms with Crippen molar-refractivity contribution in [2.45, 2.75) is 20.3 Å². The molecule has 0 bridgehead atoms. The number of nitrogens with one attached hydrogen (secondary N) is 2. The van der Waals surface area contributed by atoms with E-state index in [9.17, 15) is 0 Å². The van der Waals surface area contributed by atoms with Crippen LogP contribution in [0.25, 0.3) is 11.5 Å². The third kappa shape index (κ3) is 3.30. The molecule has 0 aliphatic heterocycles. The topological polar surface area (TPSA) is 124 Å². The maximum absolute atomic E-state index is 8.76. The van der Waals surface area contributed by atoms with Gasteiger partial charge in [-0.05, 0) is 37.6 Å². The van der Waals surface area contributed by atoms with E-state index in [1.807, 2.05) is 26.0 Å². The minimum atomic E-state index is -0.381. The van der Waals surface area contributed by atoms with Gasteiger partial charge in [0.05, 0.1) is 11.4 Å². The predicted octanol–water partition coefficient (Wildman–Crippen LogP) is 2.44. The number of benzene rings is 1. The van der Waals surface area contributed by atoms with Crippen LogP contribution in [0.4, 0.5) is 5.69 Å². The van der Waals surface area contributed by atoms with E-state index in [-0.39, 0.29) is 11.5 Å². The second-order valence-electron chi connectivity index (χ2n) is 4.55. The highest BCUT2D eigenvalue weighted by atomic mass is 16.4. The molecule has 0 aliphatic rings. The van der Waals surface area contributed by atoms with E-state index >= 15 is 0 Å². The number of aromatic nitrogens is 1. The van der Waals surface area contributed by atoms with Crippen molar-refractivity contribution in [3.05, 3.63) is 35.7 Å². The fourth-order valence-electron chi connectivity index (χ4n) is 1.83. The molecule has 112 valence electrons. The Kier molecular flexibility index (Phi) is 4.53. The summed E-state index contributed by atoms with van der Waals surface area (Å²) in [7, 11) is 0. The number of amidine groups is 1. The summed E-state index contributed by atoms with van der Waals surface area (Å²) in [6.45, 7) is 3.92. The van der Waals surface area contributed by atoms with Gasteiger partial charge in [-0.25, -0.2) is 4.98 Å². The average molecular weight is 296 g/mol. The van der Waals surface area contributed by atoms with Crippen molar-refractivity contribution in [2.75, 3.05) is 5.43 Å². The Morgan fingerprint density at radius 3 is 2.64 bits per heavy atom. The summed E-state index contributed by atoms with van der Waals surface area (Å²) < 4.78 is 5.63. The van der Waals surface area contributed by atoms with Gasteiger partial charge < -0.3 is 10.2 Å². The largest absolute Gasteiger partial charge is 0.441 e. The van der Waals surface area contributed by atoms with Gasteiger partial charge in [0.15, 0.2) is 5.84 Å². The summed E-state index contributed by atoms with van der Waals surface area (Å²) in [5, 5.41) is 19.7. The van der Waals surface area contributed by atoms with Crippen LogP contribution in [0.3, 0.4) is 0 Å². The molecule has 7 nitrogen and oxygen atoms in total. The molecule has 0 aliphatic carbocycles. The Bertz CT molecular complexity index is 751. The normalized spacial score (nSPS) is 11.0. The number of anilines is 1. The first kappa shape index (κ1) is 15.3. The standard InChI is InChI=1S/C15H16N6O/c1-3-12-9(2)22-15(19-12)10-4-6-11(7-5-10)20-21-13(8-16)14(17)18/h4-7,20H,3H2,1-2H3,(H3,17,18)/b21-13+. The van der Waals surface area contributed by atoms with Gasteiger partial charge in [-0.1, -0.05) is 6.92 Å². The van der Waals surface area contributed by atoms with Crippen molar-refractivity contribution in [2.24, 2.45) is 10.8 Å². The van der Waals surface area contributed by atoms with E-state index in [1.165, 1.54) is 0 Å². The van der Waals surface area contributed by atoms with Crippen molar-refractivity contribution in [3.8, 4) is 17.5 Å². The van der Waals surface area contributed by atoms with E-state index in [1.54, 1.807) is 18.2 Å². The summed E-state index contributed by atoms with van der Waals surface area (Å²) >= 11 is 0. The van der Waals surface area contributed by atoms with Crippen LogP contribution in [0.1, 0.15) is 18.4 Å². The van der Waals surface area contributed by atoms with Gasteiger partial charge in [-0.2, -0.15) is 10.4 Å². The van der Waals surface area contributed by atoms with Crippen LogP contribution in [-0.4, -0.2) is 16.5 Å². The fourth-order valence-corrected chi connectivity index (χ4v) is 1.83. The number of oxazole rings is 1. The quantitative estimate of drug-likeness (QED) is 0.444. The molecule has 1 heterocycles. The lowest BCUT2D eigenvalue weighted by Crippen LogP contribution is -2.21. The molecule has 1 aromatic heterocycles. The third-order valence-electron chi connectivity index (χ3n) is 3.02. The summed E-state index contributed by atoms with van der Waals surface area (Å²) in [5.74, 6) is 1.02. The second-order valence-corrected chi connectivity index (χ2v) is 4.55. The van der Waals surface area contributed by atoms with Crippen molar-refractivity contribution in [3.63, 3.8) is 0 Å². The van der Waals surface area contributed by atoms with Gasteiger partial charge in [-0.15, -0.1) is 0 Å². The van der Waals surface area contributed by atoms with Crippen LogP contribution >= 0.6 is 0 Å². The smallest absolute Gasteiger partial charge is 0.226 e. The van der Waals surface area contributed by atoms with Crippen LogP contribution in [-0.2, 0) is 6.42 Å². The maximum atomic E-state index is 8.76. The van der Waals surface area contributed by atoms with Gasteiger partial charge in [0.2, 0.25) is 11.6 Å². The minimum Gasteiger partial charge on any atom is -0.441 e. The van der Waals surface area contributed by atoms with Gasteiger partial charge >= 0.3 is 0 Å². The van der Waals surface area contributed by atoms with Gasteiger partial charge in [-0.3, -0.25) is 10.8 Å². The van der Waals surface area contributed by atoms with Crippen LogP contribution in [0.2, 0.25) is 0 Å². The predicted molar refractivity (Wildman–Crippen MR) is 84.6 cm³/mol. The minimum absolute atomic E-state index is 0.167. The Morgan fingerprint density at radius 1 is 1.45 bits per heavy atom. The van der Waals surface area contributed by atoms with E-state index in [4.69, 9.17) is 20.8 Å². The Balaban J connectivity index is 2.17. The maximum Gasteiger partial charge on any atom is 0.226 e. The van der Waals surface area contributed by atoms with Crippen molar-refractivity contribution >= 4 is 17.2 Å². The third-order valence-corrected chi connectivity index (χ3v) is 3.02. The molecule has 0 radical (unpaired) electrons. The van der Waals surface area contributed by atoms with Crippen LogP contribution in [0.5, 0.6) is 0 Å². The Morgan fingerprint density at radius 2 is 2.14 bits per heavy atom. The van der Waals surface area contributed by atoms with Crippen molar-refractivity contribution < 1.29 is 4.42 Å². The number of hydrogen-bond acceptors (Lipinski definition) is 6. The molecule has 22 heavy (non-hydrogen) atoms. The summed E-state index contributed by atoms with van der Waals surface area (Å²) in [4.78, 5) is 4.44. The lowest BCUT2D eigenvalue weighted by molar-refractivity contribution is 0.539. The zero-order valence-corrected chi connectivity index (χ0v) is 12.3. The Hall–Kier alpha value is -3.14. The first-order valence-electron chi connectivity index (χ1n) is 6.70. The van der Waals surface area contributed by atoms with E-state index in [0.717, 1.165) is 23.4 Å². The molecule has 0 unspecified atom stereocenters. The summed E-state index contributed by atoms with van der Waals surface area (Å²) in [6.07, 6.45) is 0.825. The SMILES string of the molecule is CCc1nc(-c2ccc(N/N=C(\C#N)C(=N)N)cc2)oc1C. The van der Waals surface area contributed by atoms with E-state index < -0.39 is 0 Å². The lowest BCUT2D eigenvalue weighted by Gasteiger charge is -2.02. The number of nitrogens with two attached hydrogens (primary N) is 1. The fraction of sp³-hybridized carbons (Fsp3) is 0.200. The molecule has 0 amide bonds. The number of rotatable bonds is 5. The average Bonchev–Trinajstić information content (AvgIpc) is 2.89. The summed E-state index contributed by atoms with van der Waals surface area (Å²) in [6, 6.07) is 8.96. The van der Waals surface area contributed by atoms with Gasteiger partial charge in [0, 0.05) is 5.56 Å². The van der Waals surface area contributed by atoms with Gasteiger partial charge in [0.25, 0.3) is 0 Å². The Labute approximate surface area is 128 Å². The highest BCUT2D eigenvalue weighted by Crippen LogP contribution is 2.23. The highest BCUT2D eigenvalue weighted by Gasteiger charge is 2.09. The molecular formula is C15H16N6O. The molecular weight excluding hydrogens is 280 g/mol. The second kappa shape index (κ2) is 6.54. The molecule has 0 saturated carbocycles. The molecule has 2 rings (SSSR count). The molecule has 0 saturated heterocycles. The first-order valence-corrected chi connectivity index (χ1v) is 6.70. The molecule has 7 heteroatoms. The van der Waals surface area contributed by atoms with Crippen LogP contribution < -0.4 is 11.2 Å². The van der Waals surface area contributed by atoms with Crippen molar-refractivity contribution in [1.82, 2.24) is 4.98 Å². The molecule has 2 aromatic rings. The number of hydrogen-bond donors (Lipinski definition) is 3. The zero-order valence-electron chi connectivity index (χ0n) is 12.3. The van der Waals surface area contributed by atoms with Gasteiger partial charge in [0.1, 0.15) is 11.8 Å². The molecule has 0 spiro atoms. The first-order chi connectivity index (χ1) is 10.5. The number of hydrazone groups is 1. The lowest BCUT2D eigenvalue weighted by atomic mass is 10.2. The van der Waals surface area contributed by atoms with E-state index in [0.29, 0.717) is 11.6 Å². The van der Waals surface area contributed by atoms with E-state index in [2.05, 4.69) is 15.5 Å². The molecule has 0 fully saturated rings. The summed E-state index contributed by atoms with van der Waals surface area (Å²) in [5.41, 5.74) is 10.2. The molecule has 4 N–H and O–H groups in total. The molecule has 1 aromatic carbocycles. The number of nitrogens with zero attached hydrogens (tertiary/aromatic N) is 3. The van der Waals surface area contributed by atoms with Crippen LogP contribution in [0, 0.1) is 23.7 Å². The van der Waals surface area contributed by atoms with Crippen molar-refractivity contribution in [1.29, 1.82) is 10.7 Å². The number of nitriles is 1. The van der Waals surface area contributed by atoms with Crippen LogP contribution in [0.15, 0.2) is 33.8 Å². The monoisotopic (exact) mass is 296 g/mol. The highest BCUT2D eigenvalue weighted by molar-refractivity contribution is 6.45. The zero-order chi connectivity index (χ0) is 16.1. The number of aryl methyl sites for hydroxylation is 2. The molecule has 0 atom stereocenters.